The summed E-state index contributed by atoms with van der Waals surface area (Å²) in [6, 6.07) is 5.70. The zero-order valence-electron chi connectivity index (χ0n) is 18.7. The smallest absolute Gasteiger partial charge is 0.354 e. The maximum absolute atomic E-state index is 12.7. The summed E-state index contributed by atoms with van der Waals surface area (Å²) in [5.74, 6) is 1.16. The number of nitrogens with one attached hydrogen (secondary N) is 1. The van der Waals surface area contributed by atoms with Crippen LogP contribution in [-0.2, 0) is 9.47 Å². The summed E-state index contributed by atoms with van der Waals surface area (Å²) in [5, 5.41) is 0.891. The van der Waals surface area contributed by atoms with Crippen molar-refractivity contribution in [3.8, 4) is 11.5 Å². The molecular weight excluding hydrogens is 396 g/mol. The number of rotatable bonds is 8. The number of carbonyl (C=O) groups excluding carboxylic acids is 1. The standard InChI is InChI=1S/C24H34N2O5/c1-17(2)30-19-14-21-20(23(15-19)31-18-6-4-3-5-7-18)16-22(25-21)24(27)29-13-10-26-8-11-28-12-9-26/h14-18,25H,3-13H2,1-2H3. The van der Waals surface area contributed by atoms with Crippen molar-refractivity contribution in [1.29, 1.82) is 0 Å². The van der Waals surface area contributed by atoms with E-state index < -0.39 is 0 Å². The molecule has 1 aliphatic heterocycles. The van der Waals surface area contributed by atoms with Crippen molar-refractivity contribution in [1.82, 2.24) is 9.88 Å². The lowest BCUT2D eigenvalue weighted by Crippen LogP contribution is -2.38. The Balaban J connectivity index is 1.48. The van der Waals surface area contributed by atoms with E-state index in [1.165, 1.54) is 19.3 Å². The molecule has 0 amide bonds. The number of nitrogens with zero attached hydrogens (tertiary/aromatic N) is 1. The third-order valence-corrected chi connectivity index (χ3v) is 5.86. The van der Waals surface area contributed by atoms with Gasteiger partial charge in [-0.3, -0.25) is 4.90 Å². The molecule has 2 fully saturated rings. The van der Waals surface area contributed by atoms with Gasteiger partial charge in [0.15, 0.2) is 0 Å². The Labute approximate surface area is 184 Å². The fourth-order valence-corrected chi connectivity index (χ4v) is 4.26. The minimum atomic E-state index is -0.348. The predicted molar refractivity (Wildman–Crippen MR) is 119 cm³/mol. The number of aromatic nitrogens is 1. The molecule has 0 unspecified atom stereocenters. The molecule has 1 saturated carbocycles. The zero-order valence-corrected chi connectivity index (χ0v) is 18.7. The van der Waals surface area contributed by atoms with Crippen LogP contribution in [0.5, 0.6) is 11.5 Å². The van der Waals surface area contributed by atoms with E-state index in [1.54, 1.807) is 0 Å². The average molecular weight is 431 g/mol. The van der Waals surface area contributed by atoms with Gasteiger partial charge in [-0.25, -0.2) is 4.79 Å². The Morgan fingerprint density at radius 3 is 2.68 bits per heavy atom. The summed E-state index contributed by atoms with van der Waals surface area (Å²) in [6.07, 6.45) is 6.07. The number of fused-ring (bicyclic) bond motifs is 1. The Morgan fingerprint density at radius 1 is 1.16 bits per heavy atom. The molecule has 0 atom stereocenters. The van der Waals surface area contributed by atoms with E-state index in [4.69, 9.17) is 18.9 Å². The van der Waals surface area contributed by atoms with Crippen molar-refractivity contribution in [2.75, 3.05) is 39.5 Å². The molecule has 2 aliphatic rings. The summed E-state index contributed by atoms with van der Waals surface area (Å²) >= 11 is 0. The fourth-order valence-electron chi connectivity index (χ4n) is 4.26. The van der Waals surface area contributed by atoms with Crippen molar-refractivity contribution < 1.29 is 23.7 Å². The van der Waals surface area contributed by atoms with Crippen molar-refractivity contribution in [2.24, 2.45) is 0 Å². The van der Waals surface area contributed by atoms with Gasteiger partial charge in [-0.05, 0) is 45.6 Å². The number of esters is 1. The van der Waals surface area contributed by atoms with Gasteiger partial charge in [0.05, 0.1) is 30.9 Å². The van der Waals surface area contributed by atoms with Crippen LogP contribution in [0, 0.1) is 0 Å². The normalized spacial score (nSPS) is 18.4. The molecule has 170 valence electrons. The van der Waals surface area contributed by atoms with Crippen LogP contribution in [-0.4, -0.2) is 67.5 Å². The van der Waals surface area contributed by atoms with Gasteiger partial charge in [-0.1, -0.05) is 6.42 Å². The highest BCUT2D eigenvalue weighted by atomic mass is 16.5. The van der Waals surface area contributed by atoms with E-state index in [0.29, 0.717) is 12.3 Å². The lowest BCUT2D eigenvalue weighted by molar-refractivity contribution is 0.0193. The number of aromatic amines is 1. The first-order chi connectivity index (χ1) is 15.1. The number of carbonyl (C=O) groups is 1. The maximum Gasteiger partial charge on any atom is 0.354 e. The molecule has 1 N–H and O–H groups in total. The lowest BCUT2D eigenvalue weighted by atomic mass is 9.98. The minimum Gasteiger partial charge on any atom is -0.491 e. The van der Waals surface area contributed by atoms with Crippen LogP contribution in [0.2, 0.25) is 0 Å². The van der Waals surface area contributed by atoms with Gasteiger partial charge in [0.1, 0.15) is 23.8 Å². The summed E-state index contributed by atoms with van der Waals surface area (Å²) in [5.41, 5.74) is 1.26. The van der Waals surface area contributed by atoms with Crippen LogP contribution in [0.1, 0.15) is 56.4 Å². The molecule has 2 heterocycles. The molecule has 1 aromatic heterocycles. The zero-order chi connectivity index (χ0) is 21.6. The van der Waals surface area contributed by atoms with E-state index in [9.17, 15) is 4.79 Å². The van der Waals surface area contributed by atoms with Gasteiger partial charge in [-0.2, -0.15) is 0 Å². The second-order valence-electron chi connectivity index (χ2n) is 8.70. The van der Waals surface area contributed by atoms with Crippen molar-refractivity contribution in [2.45, 2.75) is 58.2 Å². The first-order valence-electron chi connectivity index (χ1n) is 11.6. The van der Waals surface area contributed by atoms with Crippen LogP contribution in [0.25, 0.3) is 10.9 Å². The fraction of sp³-hybridized carbons (Fsp3) is 0.625. The summed E-state index contributed by atoms with van der Waals surface area (Å²) in [7, 11) is 0. The second kappa shape index (κ2) is 10.4. The van der Waals surface area contributed by atoms with Crippen molar-refractivity contribution in [3.63, 3.8) is 0 Å². The molecule has 0 bridgehead atoms. The Kier molecular flexibility index (Phi) is 7.35. The highest BCUT2D eigenvalue weighted by molar-refractivity contribution is 5.97. The highest BCUT2D eigenvalue weighted by Gasteiger charge is 2.20. The van der Waals surface area contributed by atoms with Gasteiger partial charge in [0.25, 0.3) is 0 Å². The van der Waals surface area contributed by atoms with Crippen molar-refractivity contribution >= 4 is 16.9 Å². The average Bonchev–Trinajstić information content (AvgIpc) is 3.19. The minimum absolute atomic E-state index is 0.0552. The molecular formula is C24H34N2O5. The maximum atomic E-state index is 12.7. The Bertz CT molecular complexity index is 866. The number of morpholine rings is 1. The number of benzene rings is 1. The van der Waals surface area contributed by atoms with Crippen molar-refractivity contribution in [3.05, 3.63) is 23.9 Å². The molecule has 2 aromatic rings. The Morgan fingerprint density at radius 2 is 1.94 bits per heavy atom. The van der Waals surface area contributed by atoms with Crippen LogP contribution in [0.15, 0.2) is 18.2 Å². The molecule has 7 nitrogen and oxygen atoms in total. The third kappa shape index (κ3) is 5.92. The SMILES string of the molecule is CC(C)Oc1cc(OC2CCCCC2)c2cc(C(=O)OCCN3CCOCC3)[nH]c2c1. The van der Waals surface area contributed by atoms with Crippen LogP contribution in [0.3, 0.4) is 0 Å². The van der Waals surface area contributed by atoms with Crippen LogP contribution < -0.4 is 9.47 Å². The lowest BCUT2D eigenvalue weighted by Gasteiger charge is -2.26. The molecule has 31 heavy (non-hydrogen) atoms. The van der Waals surface area contributed by atoms with Gasteiger partial charge in [0.2, 0.25) is 0 Å². The number of ether oxygens (including phenoxy) is 4. The molecule has 1 aromatic carbocycles. The number of H-pyrrole nitrogens is 1. The van der Waals surface area contributed by atoms with Gasteiger partial charge >= 0.3 is 5.97 Å². The first kappa shape index (κ1) is 22.0. The number of hydrogen-bond acceptors (Lipinski definition) is 6. The second-order valence-corrected chi connectivity index (χ2v) is 8.70. The molecule has 1 saturated heterocycles. The summed E-state index contributed by atoms with van der Waals surface area (Å²) in [4.78, 5) is 18.1. The quantitative estimate of drug-likeness (QED) is 0.634. The predicted octanol–water partition coefficient (Wildman–Crippen LogP) is 4.16. The molecule has 0 spiro atoms. The third-order valence-electron chi connectivity index (χ3n) is 5.86. The monoisotopic (exact) mass is 430 g/mol. The summed E-state index contributed by atoms with van der Waals surface area (Å²) in [6.45, 7) is 8.31. The van der Waals surface area contributed by atoms with E-state index in [0.717, 1.165) is 68.1 Å². The van der Waals surface area contributed by atoms with E-state index in [2.05, 4.69) is 9.88 Å². The van der Waals surface area contributed by atoms with Gasteiger partial charge in [0, 0.05) is 37.2 Å². The van der Waals surface area contributed by atoms with Gasteiger partial charge in [-0.15, -0.1) is 0 Å². The molecule has 7 heteroatoms. The number of hydrogen-bond donors (Lipinski definition) is 1. The highest BCUT2D eigenvalue weighted by Crippen LogP contribution is 2.35. The largest absolute Gasteiger partial charge is 0.491 e. The topological polar surface area (TPSA) is 73.0 Å². The van der Waals surface area contributed by atoms with E-state index in [-0.39, 0.29) is 18.2 Å². The van der Waals surface area contributed by atoms with E-state index in [1.807, 2.05) is 32.0 Å². The van der Waals surface area contributed by atoms with E-state index >= 15 is 0 Å². The van der Waals surface area contributed by atoms with Crippen LogP contribution in [0.4, 0.5) is 0 Å². The molecule has 1 aliphatic carbocycles. The molecule has 4 rings (SSSR count). The first-order valence-corrected chi connectivity index (χ1v) is 11.6. The van der Waals surface area contributed by atoms with Gasteiger partial charge < -0.3 is 23.9 Å². The Hall–Kier alpha value is -2.25. The summed E-state index contributed by atoms with van der Waals surface area (Å²) < 4.78 is 23.2. The van der Waals surface area contributed by atoms with Crippen LogP contribution >= 0.6 is 0 Å². The molecule has 0 radical (unpaired) electrons.